The van der Waals surface area contributed by atoms with E-state index in [1.807, 2.05) is 0 Å². The Bertz CT molecular complexity index is 376. The van der Waals surface area contributed by atoms with E-state index in [-0.39, 0.29) is 5.38 Å². The van der Waals surface area contributed by atoms with Gasteiger partial charge in [-0.25, -0.2) is 0 Å². The van der Waals surface area contributed by atoms with Crippen molar-refractivity contribution >= 4 is 27.5 Å². The molecule has 0 aliphatic carbocycles. The van der Waals surface area contributed by atoms with Crippen LogP contribution in [0.15, 0.2) is 16.6 Å². The minimum absolute atomic E-state index is 0.0225. The summed E-state index contributed by atoms with van der Waals surface area (Å²) in [4.78, 5) is 0. The number of rotatable bonds is 2. The molecule has 0 saturated carbocycles. The summed E-state index contributed by atoms with van der Waals surface area (Å²) in [6.07, 6.45) is 0.990. The highest BCUT2D eigenvalue weighted by Gasteiger charge is 2.23. The molecule has 0 saturated heterocycles. The molecule has 15 heavy (non-hydrogen) atoms. The Hall–Kier alpha value is -0.210. The van der Waals surface area contributed by atoms with E-state index in [1.165, 1.54) is 5.56 Å². The molecule has 1 aromatic carbocycles. The quantitative estimate of drug-likeness (QED) is 0.737. The molecule has 1 aliphatic heterocycles. The van der Waals surface area contributed by atoms with Crippen LogP contribution in [-0.4, -0.2) is 6.61 Å². The highest BCUT2D eigenvalue weighted by Crippen LogP contribution is 2.41. The van der Waals surface area contributed by atoms with Gasteiger partial charge in [0.2, 0.25) is 0 Å². The first kappa shape index (κ1) is 11.3. The normalized spacial score (nSPS) is 16.3. The molecule has 1 heterocycles. The molecular weight excluding hydrogens is 275 g/mol. The third-order valence-electron chi connectivity index (χ3n) is 2.66. The molecule has 1 unspecified atom stereocenters. The summed E-state index contributed by atoms with van der Waals surface area (Å²) in [5.74, 6) is 1.42. The number of hydrogen-bond donors (Lipinski definition) is 0. The van der Waals surface area contributed by atoms with Crippen molar-refractivity contribution in [2.24, 2.45) is 5.92 Å². The summed E-state index contributed by atoms with van der Waals surface area (Å²) in [5.41, 5.74) is 2.39. The van der Waals surface area contributed by atoms with Crippen LogP contribution in [0.2, 0.25) is 0 Å². The molecule has 1 aromatic rings. The third-order valence-corrected chi connectivity index (χ3v) is 3.86. The lowest BCUT2D eigenvalue weighted by molar-refractivity contribution is 0.351. The van der Waals surface area contributed by atoms with Gasteiger partial charge in [0.05, 0.1) is 12.0 Å². The van der Waals surface area contributed by atoms with Crippen LogP contribution in [0.1, 0.15) is 30.4 Å². The van der Waals surface area contributed by atoms with Crippen LogP contribution >= 0.6 is 27.5 Å². The van der Waals surface area contributed by atoms with Gasteiger partial charge in [0.15, 0.2) is 0 Å². The topological polar surface area (TPSA) is 9.23 Å². The van der Waals surface area contributed by atoms with Crippen LogP contribution < -0.4 is 4.74 Å². The number of alkyl halides is 1. The molecule has 0 N–H and O–H groups in total. The standard InChI is InChI=1S/C12H14BrClO/c1-7(2)11(14)10-6-9(13)5-8-3-4-15-12(8)10/h5-7,11H,3-4H2,1-2H3. The van der Waals surface area contributed by atoms with Gasteiger partial charge in [-0.15, -0.1) is 11.6 Å². The summed E-state index contributed by atoms with van der Waals surface area (Å²) < 4.78 is 6.74. The fourth-order valence-corrected chi connectivity index (χ4v) is 2.55. The molecular formula is C12H14BrClO. The van der Waals surface area contributed by atoms with Gasteiger partial charge < -0.3 is 4.74 Å². The lowest BCUT2D eigenvalue weighted by Crippen LogP contribution is -2.02. The Morgan fingerprint density at radius 2 is 2.13 bits per heavy atom. The molecule has 0 spiro atoms. The first-order chi connectivity index (χ1) is 7.09. The van der Waals surface area contributed by atoms with E-state index in [0.29, 0.717) is 5.92 Å². The predicted octanol–water partition coefficient (Wildman–Crippen LogP) is 4.32. The summed E-state index contributed by atoms with van der Waals surface area (Å²) in [5, 5.41) is 0.0225. The molecule has 1 atom stereocenters. The van der Waals surface area contributed by atoms with Crippen molar-refractivity contribution in [1.82, 2.24) is 0 Å². The van der Waals surface area contributed by atoms with Gasteiger partial charge in [-0.05, 0) is 23.6 Å². The van der Waals surface area contributed by atoms with Gasteiger partial charge in [-0.2, -0.15) is 0 Å². The van der Waals surface area contributed by atoms with E-state index in [1.54, 1.807) is 0 Å². The largest absolute Gasteiger partial charge is 0.493 e. The highest BCUT2D eigenvalue weighted by atomic mass is 79.9. The van der Waals surface area contributed by atoms with Gasteiger partial charge in [0.25, 0.3) is 0 Å². The molecule has 0 radical (unpaired) electrons. The van der Waals surface area contributed by atoms with Gasteiger partial charge in [0.1, 0.15) is 5.75 Å². The second-order valence-electron chi connectivity index (χ2n) is 4.23. The van der Waals surface area contributed by atoms with Crippen molar-refractivity contribution in [1.29, 1.82) is 0 Å². The number of fused-ring (bicyclic) bond motifs is 1. The first-order valence-corrected chi connectivity index (χ1v) is 6.41. The van der Waals surface area contributed by atoms with Crippen molar-refractivity contribution < 1.29 is 4.74 Å². The minimum atomic E-state index is 0.0225. The summed E-state index contributed by atoms with van der Waals surface area (Å²) in [6.45, 7) is 5.03. The summed E-state index contributed by atoms with van der Waals surface area (Å²) in [7, 11) is 0. The third kappa shape index (κ3) is 2.16. The van der Waals surface area contributed by atoms with E-state index in [0.717, 1.165) is 28.8 Å². The maximum Gasteiger partial charge on any atom is 0.127 e. The van der Waals surface area contributed by atoms with Crippen LogP contribution in [0.4, 0.5) is 0 Å². The van der Waals surface area contributed by atoms with Crippen LogP contribution in [0.3, 0.4) is 0 Å². The average molecular weight is 290 g/mol. The zero-order valence-electron chi connectivity index (χ0n) is 8.89. The second kappa shape index (κ2) is 4.34. The molecule has 1 aliphatic rings. The first-order valence-electron chi connectivity index (χ1n) is 5.18. The van der Waals surface area contributed by atoms with Crippen molar-refractivity contribution in [3.05, 3.63) is 27.7 Å². The maximum atomic E-state index is 6.40. The molecule has 1 nitrogen and oxygen atoms in total. The lowest BCUT2D eigenvalue weighted by atomic mass is 9.99. The Kier molecular flexibility index (Phi) is 3.27. The van der Waals surface area contributed by atoms with Crippen molar-refractivity contribution in [2.45, 2.75) is 25.6 Å². The summed E-state index contributed by atoms with van der Waals surface area (Å²) in [6, 6.07) is 4.19. The Morgan fingerprint density at radius 1 is 1.40 bits per heavy atom. The van der Waals surface area contributed by atoms with Crippen molar-refractivity contribution in [3.63, 3.8) is 0 Å². The SMILES string of the molecule is CC(C)C(Cl)c1cc(Br)cc2c1OCC2. The van der Waals surface area contributed by atoms with Gasteiger partial charge in [0, 0.05) is 16.5 Å². The monoisotopic (exact) mass is 288 g/mol. The molecule has 0 fully saturated rings. The zero-order valence-corrected chi connectivity index (χ0v) is 11.2. The molecule has 2 rings (SSSR count). The highest BCUT2D eigenvalue weighted by molar-refractivity contribution is 9.10. The van der Waals surface area contributed by atoms with Crippen LogP contribution in [-0.2, 0) is 6.42 Å². The molecule has 0 amide bonds. The van der Waals surface area contributed by atoms with Gasteiger partial charge in [-0.3, -0.25) is 0 Å². The second-order valence-corrected chi connectivity index (χ2v) is 5.61. The van der Waals surface area contributed by atoms with Crippen LogP contribution in [0.5, 0.6) is 5.75 Å². The molecule has 0 aromatic heterocycles. The Morgan fingerprint density at radius 3 is 2.80 bits per heavy atom. The fraction of sp³-hybridized carbons (Fsp3) is 0.500. The van der Waals surface area contributed by atoms with E-state index in [9.17, 15) is 0 Å². The van der Waals surface area contributed by atoms with E-state index >= 15 is 0 Å². The van der Waals surface area contributed by atoms with Gasteiger partial charge in [-0.1, -0.05) is 29.8 Å². The van der Waals surface area contributed by atoms with Crippen molar-refractivity contribution in [3.8, 4) is 5.75 Å². The number of hydrogen-bond acceptors (Lipinski definition) is 1. The average Bonchev–Trinajstić information content (AvgIpc) is 2.62. The molecule has 0 bridgehead atoms. The minimum Gasteiger partial charge on any atom is -0.493 e. The number of benzene rings is 1. The van der Waals surface area contributed by atoms with Crippen LogP contribution in [0.25, 0.3) is 0 Å². The Balaban J connectivity index is 2.47. The smallest absolute Gasteiger partial charge is 0.127 e. The molecule has 82 valence electrons. The predicted molar refractivity (Wildman–Crippen MR) is 66.8 cm³/mol. The van der Waals surface area contributed by atoms with E-state index in [4.69, 9.17) is 16.3 Å². The number of halogens is 2. The summed E-state index contributed by atoms with van der Waals surface area (Å²) >= 11 is 9.91. The zero-order chi connectivity index (χ0) is 11.0. The van der Waals surface area contributed by atoms with Gasteiger partial charge >= 0.3 is 0 Å². The van der Waals surface area contributed by atoms with Crippen molar-refractivity contribution in [2.75, 3.05) is 6.61 Å². The number of ether oxygens (including phenoxy) is 1. The van der Waals surface area contributed by atoms with Crippen LogP contribution in [0, 0.1) is 5.92 Å². The fourth-order valence-electron chi connectivity index (χ4n) is 1.86. The van der Waals surface area contributed by atoms with E-state index in [2.05, 4.69) is 41.9 Å². The molecule has 3 heteroatoms. The lowest BCUT2D eigenvalue weighted by Gasteiger charge is -2.17. The maximum absolute atomic E-state index is 6.40. The Labute approximate surface area is 104 Å². The van der Waals surface area contributed by atoms with E-state index < -0.39 is 0 Å².